The Kier molecular flexibility index (Phi) is 3.81. The highest BCUT2D eigenvalue weighted by molar-refractivity contribution is 7.20. The molecule has 3 heterocycles. The van der Waals surface area contributed by atoms with Crippen LogP contribution >= 0.6 is 11.3 Å². The van der Waals surface area contributed by atoms with Crippen molar-refractivity contribution in [2.75, 3.05) is 26.2 Å². The quantitative estimate of drug-likeness (QED) is 0.864. The summed E-state index contributed by atoms with van der Waals surface area (Å²) in [7, 11) is 0. The third-order valence-electron chi connectivity index (χ3n) is 4.96. The van der Waals surface area contributed by atoms with Gasteiger partial charge in [-0.2, -0.15) is 0 Å². The fraction of sp³-hybridized carbons (Fsp3) is 0.444. The molecule has 2 fully saturated rings. The molecular formula is C18H20N2O3S. The molecule has 0 radical (unpaired) electrons. The molecule has 0 bridgehead atoms. The summed E-state index contributed by atoms with van der Waals surface area (Å²) >= 11 is 1.56. The minimum atomic E-state index is -0.290. The zero-order chi connectivity index (χ0) is 16.7. The van der Waals surface area contributed by atoms with Crippen LogP contribution < -0.4 is 5.32 Å². The van der Waals surface area contributed by atoms with Crippen LogP contribution in [0.3, 0.4) is 0 Å². The predicted octanol–water partition coefficient (Wildman–Crippen LogP) is 2.33. The smallest absolute Gasteiger partial charge is 0.263 e. The van der Waals surface area contributed by atoms with E-state index in [9.17, 15) is 9.59 Å². The standard InChI is InChI=1S/C18H20N2O3S/c1-12-2-3-14-13(8-12)9-15(24-14)17(22)20-6-4-18(5-7-20)11-19-16(21)10-23-18/h2-3,8-9H,4-7,10-11H2,1H3,(H,19,21). The van der Waals surface area contributed by atoms with Gasteiger partial charge in [-0.05, 0) is 37.3 Å². The Hall–Kier alpha value is -1.92. The minimum absolute atomic E-state index is 0.0558. The average molecular weight is 344 g/mol. The Balaban J connectivity index is 1.46. The second-order valence-corrected chi connectivity index (χ2v) is 7.78. The van der Waals surface area contributed by atoms with Crippen LogP contribution in [0.15, 0.2) is 24.3 Å². The van der Waals surface area contributed by atoms with Crippen LogP contribution in [0.5, 0.6) is 0 Å². The Morgan fingerprint density at radius 2 is 2.08 bits per heavy atom. The molecule has 2 amide bonds. The van der Waals surface area contributed by atoms with Crippen LogP contribution in [-0.4, -0.2) is 48.6 Å². The molecule has 2 aromatic rings. The number of aryl methyl sites for hydroxylation is 1. The van der Waals surface area contributed by atoms with Crippen molar-refractivity contribution in [1.29, 1.82) is 0 Å². The molecule has 0 atom stereocenters. The first-order chi connectivity index (χ1) is 11.5. The molecule has 24 heavy (non-hydrogen) atoms. The maximum atomic E-state index is 12.8. The van der Waals surface area contributed by atoms with Gasteiger partial charge in [0.25, 0.3) is 5.91 Å². The van der Waals surface area contributed by atoms with E-state index < -0.39 is 0 Å². The monoisotopic (exact) mass is 344 g/mol. The number of fused-ring (bicyclic) bond motifs is 1. The van der Waals surface area contributed by atoms with E-state index in [2.05, 4.69) is 30.4 Å². The summed E-state index contributed by atoms with van der Waals surface area (Å²) in [5.41, 5.74) is 0.915. The van der Waals surface area contributed by atoms with Gasteiger partial charge in [-0.15, -0.1) is 11.3 Å². The third kappa shape index (κ3) is 2.80. The van der Waals surface area contributed by atoms with Crippen molar-refractivity contribution in [1.82, 2.24) is 10.2 Å². The molecule has 2 aliphatic heterocycles. The number of hydrogen-bond acceptors (Lipinski definition) is 4. The molecule has 126 valence electrons. The van der Waals surface area contributed by atoms with Gasteiger partial charge in [0.05, 0.1) is 10.5 Å². The second-order valence-electron chi connectivity index (χ2n) is 6.69. The number of nitrogens with one attached hydrogen (secondary N) is 1. The third-order valence-corrected chi connectivity index (χ3v) is 6.07. The van der Waals surface area contributed by atoms with Crippen molar-refractivity contribution >= 4 is 33.2 Å². The van der Waals surface area contributed by atoms with Crippen molar-refractivity contribution in [3.05, 3.63) is 34.7 Å². The highest BCUT2D eigenvalue weighted by Crippen LogP contribution is 2.31. The van der Waals surface area contributed by atoms with Crippen molar-refractivity contribution in [2.45, 2.75) is 25.4 Å². The lowest BCUT2D eigenvalue weighted by molar-refractivity contribution is -0.149. The van der Waals surface area contributed by atoms with Gasteiger partial charge >= 0.3 is 0 Å². The molecule has 0 aliphatic carbocycles. The van der Waals surface area contributed by atoms with E-state index in [1.807, 2.05) is 11.0 Å². The van der Waals surface area contributed by atoms with Crippen LogP contribution in [0.4, 0.5) is 0 Å². The van der Waals surface area contributed by atoms with Gasteiger partial charge in [0.1, 0.15) is 6.61 Å². The maximum absolute atomic E-state index is 12.8. The number of ether oxygens (including phenoxy) is 1. The van der Waals surface area contributed by atoms with E-state index in [1.165, 1.54) is 5.56 Å². The Labute approximate surface area is 144 Å². The SMILES string of the molecule is Cc1ccc2sc(C(=O)N3CCC4(CC3)CNC(=O)CO4)cc2c1. The molecule has 1 spiro atoms. The van der Waals surface area contributed by atoms with Crippen LogP contribution in [0.2, 0.25) is 0 Å². The number of carbonyl (C=O) groups excluding carboxylic acids is 2. The topological polar surface area (TPSA) is 58.6 Å². The summed E-state index contributed by atoms with van der Waals surface area (Å²) in [6, 6.07) is 8.27. The maximum Gasteiger partial charge on any atom is 0.263 e. The fourth-order valence-corrected chi connectivity index (χ4v) is 4.45. The average Bonchev–Trinajstić information content (AvgIpc) is 3.01. The van der Waals surface area contributed by atoms with Crippen LogP contribution in [0.1, 0.15) is 28.1 Å². The Bertz CT molecular complexity index is 794. The number of benzene rings is 1. The lowest BCUT2D eigenvalue weighted by Crippen LogP contribution is -2.57. The molecule has 6 heteroatoms. The lowest BCUT2D eigenvalue weighted by atomic mass is 9.90. The number of likely N-dealkylation sites (tertiary alicyclic amines) is 1. The van der Waals surface area contributed by atoms with Gasteiger partial charge in [0.15, 0.2) is 0 Å². The van der Waals surface area contributed by atoms with Gasteiger partial charge in [-0.1, -0.05) is 17.7 Å². The zero-order valence-corrected chi connectivity index (χ0v) is 14.4. The van der Waals surface area contributed by atoms with E-state index in [1.54, 1.807) is 11.3 Å². The van der Waals surface area contributed by atoms with Gasteiger partial charge in [-0.3, -0.25) is 9.59 Å². The first-order valence-corrected chi connectivity index (χ1v) is 9.07. The van der Waals surface area contributed by atoms with Crippen molar-refractivity contribution in [3.8, 4) is 0 Å². The number of piperidine rings is 1. The second kappa shape index (κ2) is 5.86. The van der Waals surface area contributed by atoms with Crippen LogP contribution in [0, 0.1) is 6.92 Å². The summed E-state index contributed by atoms with van der Waals surface area (Å²) in [4.78, 5) is 26.8. The molecular weight excluding hydrogens is 324 g/mol. The Morgan fingerprint density at radius 3 is 2.79 bits per heavy atom. The summed E-state index contributed by atoms with van der Waals surface area (Å²) in [5, 5.41) is 4.01. The molecule has 1 aromatic heterocycles. The predicted molar refractivity (Wildman–Crippen MR) is 93.4 cm³/mol. The number of hydrogen-bond donors (Lipinski definition) is 1. The van der Waals surface area contributed by atoms with E-state index in [0.29, 0.717) is 19.6 Å². The normalized spacial score (nSPS) is 20.4. The summed E-state index contributed by atoms with van der Waals surface area (Å²) in [6.45, 7) is 4.08. The fourth-order valence-electron chi connectivity index (χ4n) is 3.44. The summed E-state index contributed by atoms with van der Waals surface area (Å²) in [6.07, 6.45) is 1.53. The molecule has 5 nitrogen and oxygen atoms in total. The van der Waals surface area contributed by atoms with Crippen molar-refractivity contribution < 1.29 is 14.3 Å². The number of nitrogens with zero attached hydrogens (tertiary/aromatic N) is 1. The molecule has 2 aliphatic rings. The van der Waals surface area contributed by atoms with Crippen molar-refractivity contribution in [3.63, 3.8) is 0 Å². The highest BCUT2D eigenvalue weighted by atomic mass is 32.1. The first kappa shape index (κ1) is 15.6. The molecule has 0 unspecified atom stereocenters. The first-order valence-electron chi connectivity index (χ1n) is 8.25. The largest absolute Gasteiger partial charge is 0.363 e. The molecule has 4 rings (SSSR count). The van der Waals surface area contributed by atoms with Gasteiger partial charge in [0.2, 0.25) is 5.91 Å². The van der Waals surface area contributed by atoms with E-state index in [4.69, 9.17) is 4.74 Å². The van der Waals surface area contributed by atoms with Gasteiger partial charge in [0, 0.05) is 24.3 Å². The van der Waals surface area contributed by atoms with Gasteiger partial charge < -0.3 is 15.0 Å². The summed E-state index contributed by atoms with van der Waals surface area (Å²) < 4.78 is 6.92. The van der Waals surface area contributed by atoms with Crippen LogP contribution in [0.25, 0.3) is 10.1 Å². The van der Waals surface area contributed by atoms with Crippen molar-refractivity contribution in [2.24, 2.45) is 0 Å². The number of morpholine rings is 1. The van der Waals surface area contributed by atoms with E-state index in [-0.39, 0.29) is 24.0 Å². The molecule has 1 N–H and O–H groups in total. The molecule has 1 aromatic carbocycles. The number of rotatable bonds is 1. The van der Waals surface area contributed by atoms with Gasteiger partial charge in [-0.25, -0.2) is 0 Å². The number of carbonyl (C=O) groups is 2. The molecule has 2 saturated heterocycles. The van der Waals surface area contributed by atoms with Crippen LogP contribution in [-0.2, 0) is 9.53 Å². The lowest BCUT2D eigenvalue weighted by Gasteiger charge is -2.43. The Morgan fingerprint density at radius 1 is 1.29 bits per heavy atom. The molecule has 0 saturated carbocycles. The highest BCUT2D eigenvalue weighted by Gasteiger charge is 2.40. The number of amides is 2. The minimum Gasteiger partial charge on any atom is -0.363 e. The zero-order valence-electron chi connectivity index (χ0n) is 13.6. The van der Waals surface area contributed by atoms with E-state index in [0.717, 1.165) is 27.8 Å². The van der Waals surface area contributed by atoms with E-state index >= 15 is 0 Å². The number of thiophene rings is 1. The summed E-state index contributed by atoms with van der Waals surface area (Å²) in [5.74, 6) is 0.0447.